The van der Waals surface area contributed by atoms with Crippen LogP contribution in [0.3, 0.4) is 0 Å². The molecule has 2 aromatic heterocycles. The zero-order valence-electron chi connectivity index (χ0n) is 15.9. The van der Waals surface area contributed by atoms with E-state index in [2.05, 4.69) is 62.1 Å². The van der Waals surface area contributed by atoms with Gasteiger partial charge in [-0.1, -0.05) is 50.3 Å². The largest absolute Gasteiger partial charge is 0.369 e. The molecule has 27 heavy (non-hydrogen) atoms. The number of ether oxygens (including phenoxy) is 1. The summed E-state index contributed by atoms with van der Waals surface area (Å²) in [5.74, 6) is 6.35. The van der Waals surface area contributed by atoms with Gasteiger partial charge in [0.15, 0.2) is 0 Å². The molecule has 0 amide bonds. The second-order valence-corrected chi connectivity index (χ2v) is 8.97. The van der Waals surface area contributed by atoms with Gasteiger partial charge in [-0.25, -0.2) is 0 Å². The van der Waals surface area contributed by atoms with E-state index in [4.69, 9.17) is 4.74 Å². The number of thiophene rings is 2. The van der Waals surface area contributed by atoms with Gasteiger partial charge in [-0.05, 0) is 43.0 Å². The smallest absolute Gasteiger partial charge is 0.108 e. The molecule has 0 radical (unpaired) electrons. The van der Waals surface area contributed by atoms with E-state index in [0.29, 0.717) is 6.61 Å². The van der Waals surface area contributed by atoms with Gasteiger partial charge >= 0.3 is 0 Å². The Labute approximate surface area is 169 Å². The summed E-state index contributed by atoms with van der Waals surface area (Å²) in [6, 6.07) is 13.6. The molecule has 0 aliphatic carbocycles. The Morgan fingerprint density at radius 3 is 2.37 bits per heavy atom. The lowest BCUT2D eigenvalue weighted by atomic mass is 10.1. The van der Waals surface area contributed by atoms with Gasteiger partial charge in [0.2, 0.25) is 0 Å². The Kier molecular flexibility index (Phi) is 5.78. The molecule has 0 aliphatic heterocycles. The van der Waals surface area contributed by atoms with Crippen molar-refractivity contribution in [3.63, 3.8) is 0 Å². The van der Waals surface area contributed by atoms with Crippen LogP contribution in [0.1, 0.15) is 44.2 Å². The summed E-state index contributed by atoms with van der Waals surface area (Å²) in [5, 5.41) is 2.76. The van der Waals surface area contributed by atoms with Crippen LogP contribution in [0.15, 0.2) is 36.4 Å². The number of unbranched alkanes of at least 4 members (excludes halogenated alkanes) is 1. The average Bonchev–Trinajstić information content (AvgIpc) is 3.21. The summed E-state index contributed by atoms with van der Waals surface area (Å²) in [4.78, 5) is 0. The van der Waals surface area contributed by atoms with Crippen molar-refractivity contribution in [1.29, 1.82) is 0 Å². The summed E-state index contributed by atoms with van der Waals surface area (Å²) in [7, 11) is 0. The van der Waals surface area contributed by atoms with Crippen LogP contribution >= 0.6 is 22.7 Å². The maximum atomic E-state index is 5.44. The molecular formula is C24H24OS2. The lowest BCUT2D eigenvalue weighted by molar-refractivity contribution is 0.168. The van der Waals surface area contributed by atoms with Crippen LogP contribution in [-0.2, 0) is 11.2 Å². The maximum absolute atomic E-state index is 5.44. The Morgan fingerprint density at radius 1 is 0.889 bits per heavy atom. The molecule has 0 atom stereocenters. The molecule has 0 saturated heterocycles. The molecule has 138 valence electrons. The quantitative estimate of drug-likeness (QED) is 0.245. The fourth-order valence-corrected chi connectivity index (χ4v) is 6.08. The first-order valence-electron chi connectivity index (χ1n) is 9.74. The molecule has 4 rings (SSSR count). The van der Waals surface area contributed by atoms with Crippen LogP contribution in [0, 0.1) is 11.8 Å². The normalized spacial score (nSPS) is 11.3. The number of rotatable bonds is 6. The second kappa shape index (κ2) is 8.44. The Balaban J connectivity index is 1.66. The number of benzene rings is 2. The Morgan fingerprint density at radius 2 is 1.63 bits per heavy atom. The Bertz CT molecular complexity index is 1140. The third-order valence-corrected chi connectivity index (χ3v) is 7.22. The van der Waals surface area contributed by atoms with E-state index in [1.807, 2.05) is 22.7 Å². The van der Waals surface area contributed by atoms with Crippen molar-refractivity contribution in [3.05, 3.63) is 47.5 Å². The van der Waals surface area contributed by atoms with E-state index in [9.17, 15) is 0 Å². The Hall–Kier alpha value is -1.86. The molecular weight excluding hydrogens is 368 g/mol. The zero-order chi connectivity index (χ0) is 18.6. The summed E-state index contributed by atoms with van der Waals surface area (Å²) in [6.07, 6.45) is 4.73. The lowest BCUT2D eigenvalue weighted by Gasteiger charge is -1.99. The average molecular weight is 393 g/mol. The summed E-state index contributed by atoms with van der Waals surface area (Å²) in [6.45, 7) is 5.65. The molecule has 3 heteroatoms. The first kappa shape index (κ1) is 18.5. The highest BCUT2D eigenvalue weighted by molar-refractivity contribution is 7.36. The highest BCUT2D eigenvalue weighted by atomic mass is 32.1. The van der Waals surface area contributed by atoms with Gasteiger partial charge in [0.1, 0.15) is 6.61 Å². The third kappa shape index (κ3) is 3.89. The lowest BCUT2D eigenvalue weighted by Crippen LogP contribution is -1.91. The predicted molar refractivity (Wildman–Crippen MR) is 121 cm³/mol. The SMILES string of the molecule is CCCCc1ccc2c(c1)sc1c3ccc(C#CCOCCC)cc3sc21. The van der Waals surface area contributed by atoms with Gasteiger partial charge in [0.05, 0.1) is 9.40 Å². The standard InChI is InChI=1S/C24H24OS2/c1-3-5-7-17-9-11-19-21(15-17)26-24-20-12-10-18(8-6-14-25-13-4-2)16-22(20)27-23(19)24/h9-12,15-16H,3-5,7,13-14H2,1-2H3. The minimum Gasteiger partial charge on any atom is -0.369 e. The summed E-state index contributed by atoms with van der Waals surface area (Å²) < 4.78 is 11.0. The third-order valence-electron chi connectivity index (χ3n) is 4.72. The van der Waals surface area contributed by atoms with Crippen molar-refractivity contribution < 1.29 is 4.74 Å². The van der Waals surface area contributed by atoms with Crippen LogP contribution in [0.2, 0.25) is 0 Å². The number of fused-ring (bicyclic) bond motifs is 5. The van der Waals surface area contributed by atoms with E-state index in [1.165, 1.54) is 54.4 Å². The van der Waals surface area contributed by atoms with Gasteiger partial charge < -0.3 is 4.74 Å². The minimum absolute atomic E-state index is 0.510. The first-order chi connectivity index (χ1) is 13.3. The van der Waals surface area contributed by atoms with Crippen molar-refractivity contribution >= 4 is 52.2 Å². The summed E-state index contributed by atoms with van der Waals surface area (Å²) >= 11 is 3.83. The molecule has 0 fully saturated rings. The maximum Gasteiger partial charge on any atom is 0.108 e. The number of aryl methyl sites for hydroxylation is 1. The predicted octanol–water partition coefficient (Wildman–Crippen LogP) is 7.39. The molecule has 0 N–H and O–H groups in total. The molecule has 2 aromatic carbocycles. The van der Waals surface area contributed by atoms with Crippen LogP contribution < -0.4 is 0 Å². The monoisotopic (exact) mass is 392 g/mol. The van der Waals surface area contributed by atoms with Gasteiger partial charge in [0, 0.05) is 32.3 Å². The first-order valence-corrected chi connectivity index (χ1v) is 11.4. The van der Waals surface area contributed by atoms with Crippen LogP contribution in [0.25, 0.3) is 29.6 Å². The molecule has 0 bridgehead atoms. The highest BCUT2D eigenvalue weighted by Crippen LogP contribution is 2.44. The fraction of sp³-hybridized carbons (Fsp3) is 0.333. The van der Waals surface area contributed by atoms with Crippen molar-refractivity contribution in [1.82, 2.24) is 0 Å². The van der Waals surface area contributed by atoms with Crippen molar-refractivity contribution in [2.75, 3.05) is 13.2 Å². The number of hydrogen-bond donors (Lipinski definition) is 0. The van der Waals surface area contributed by atoms with Gasteiger partial charge in [-0.15, -0.1) is 22.7 Å². The van der Waals surface area contributed by atoms with E-state index in [1.54, 1.807) is 0 Å². The topological polar surface area (TPSA) is 9.23 Å². The van der Waals surface area contributed by atoms with Crippen LogP contribution in [0.5, 0.6) is 0 Å². The summed E-state index contributed by atoms with van der Waals surface area (Å²) in [5.41, 5.74) is 2.54. The van der Waals surface area contributed by atoms with E-state index in [0.717, 1.165) is 18.6 Å². The van der Waals surface area contributed by atoms with Gasteiger partial charge in [0.25, 0.3) is 0 Å². The number of hydrogen-bond acceptors (Lipinski definition) is 3. The van der Waals surface area contributed by atoms with Crippen molar-refractivity contribution in [2.24, 2.45) is 0 Å². The van der Waals surface area contributed by atoms with E-state index >= 15 is 0 Å². The van der Waals surface area contributed by atoms with E-state index in [-0.39, 0.29) is 0 Å². The van der Waals surface area contributed by atoms with Crippen molar-refractivity contribution in [3.8, 4) is 11.8 Å². The van der Waals surface area contributed by atoms with E-state index < -0.39 is 0 Å². The van der Waals surface area contributed by atoms with Gasteiger partial charge in [-0.2, -0.15) is 0 Å². The molecule has 2 heterocycles. The zero-order valence-corrected chi connectivity index (χ0v) is 17.6. The molecule has 0 saturated carbocycles. The highest BCUT2D eigenvalue weighted by Gasteiger charge is 2.12. The molecule has 1 nitrogen and oxygen atoms in total. The molecule has 0 spiro atoms. The van der Waals surface area contributed by atoms with Gasteiger partial charge in [-0.3, -0.25) is 0 Å². The second-order valence-electron chi connectivity index (χ2n) is 6.86. The fourth-order valence-electron chi connectivity index (χ4n) is 3.32. The minimum atomic E-state index is 0.510. The molecule has 0 aliphatic rings. The van der Waals surface area contributed by atoms with Crippen LogP contribution in [0.4, 0.5) is 0 Å². The molecule has 4 aromatic rings. The van der Waals surface area contributed by atoms with Crippen molar-refractivity contribution in [2.45, 2.75) is 39.5 Å². The molecule has 0 unspecified atom stereocenters. The van der Waals surface area contributed by atoms with Crippen LogP contribution in [-0.4, -0.2) is 13.2 Å².